The van der Waals surface area contributed by atoms with E-state index in [-0.39, 0.29) is 0 Å². The summed E-state index contributed by atoms with van der Waals surface area (Å²) < 4.78 is 0. The predicted octanol–water partition coefficient (Wildman–Crippen LogP) is 3.72. The lowest BCUT2D eigenvalue weighted by molar-refractivity contribution is -0.149. The van der Waals surface area contributed by atoms with E-state index in [4.69, 9.17) is 0 Å². The summed E-state index contributed by atoms with van der Waals surface area (Å²) in [6, 6.07) is 8.74. The van der Waals surface area contributed by atoms with Crippen LogP contribution in [0.4, 0.5) is 5.69 Å². The molecule has 0 atom stereocenters. The predicted molar refractivity (Wildman–Crippen MR) is 101 cm³/mol. The third-order valence-electron chi connectivity index (χ3n) is 7.47. The first kappa shape index (κ1) is 15.7. The minimum absolute atomic E-state index is 0.360. The van der Waals surface area contributed by atoms with Crippen molar-refractivity contribution in [2.75, 3.05) is 31.1 Å². The molecule has 1 aromatic rings. The van der Waals surface area contributed by atoms with Crippen LogP contribution in [0.3, 0.4) is 0 Å². The molecule has 25 heavy (non-hydrogen) atoms. The third kappa shape index (κ3) is 2.76. The van der Waals surface area contributed by atoms with Crippen molar-refractivity contribution in [2.24, 2.45) is 29.6 Å². The number of piperazine rings is 1. The summed E-state index contributed by atoms with van der Waals surface area (Å²) in [6.07, 6.45) is 6.82. The smallest absolute Gasteiger partial charge is 0.226 e. The SMILES string of the molecule is Cc1cccc(N2CCN(C(=O)C3C4CC5CC(C4)CC3C5)CC2)c1. The van der Waals surface area contributed by atoms with Crippen molar-refractivity contribution < 1.29 is 4.79 Å². The molecule has 0 radical (unpaired) electrons. The second-order valence-corrected chi connectivity index (χ2v) is 9.11. The number of amides is 1. The number of carbonyl (C=O) groups excluding carboxylic acids is 1. The number of hydrogen-bond donors (Lipinski definition) is 0. The maximum absolute atomic E-state index is 13.3. The molecule has 5 aliphatic rings. The first-order chi connectivity index (χ1) is 12.2. The second-order valence-electron chi connectivity index (χ2n) is 9.11. The second kappa shape index (κ2) is 6.03. The highest BCUT2D eigenvalue weighted by Crippen LogP contribution is 2.56. The molecule has 1 amide bonds. The monoisotopic (exact) mass is 338 g/mol. The standard InChI is InChI=1S/C22H30N2O/c1-15-3-2-4-20(9-15)23-5-7-24(8-6-23)22(25)21-18-11-16-10-17(13-18)14-19(21)12-16/h2-4,9,16-19,21H,5-8,10-14H2,1H3. The Balaban J connectivity index is 1.24. The van der Waals surface area contributed by atoms with E-state index < -0.39 is 0 Å². The van der Waals surface area contributed by atoms with Gasteiger partial charge in [-0.3, -0.25) is 4.79 Å². The van der Waals surface area contributed by atoms with Gasteiger partial charge in [-0.1, -0.05) is 12.1 Å². The maximum Gasteiger partial charge on any atom is 0.226 e. The lowest BCUT2D eigenvalue weighted by atomic mass is 9.51. The Morgan fingerprint density at radius 2 is 1.56 bits per heavy atom. The Morgan fingerprint density at radius 1 is 0.920 bits per heavy atom. The summed E-state index contributed by atoms with van der Waals surface area (Å²) in [6.45, 7) is 5.89. The van der Waals surface area contributed by atoms with Gasteiger partial charge in [0.05, 0.1) is 0 Å². The topological polar surface area (TPSA) is 23.6 Å². The first-order valence-electron chi connectivity index (χ1n) is 10.3. The van der Waals surface area contributed by atoms with Gasteiger partial charge in [0.1, 0.15) is 0 Å². The summed E-state index contributed by atoms with van der Waals surface area (Å²) in [5.41, 5.74) is 2.62. The van der Waals surface area contributed by atoms with Crippen LogP contribution in [0.5, 0.6) is 0 Å². The highest BCUT2D eigenvalue weighted by Gasteiger charge is 2.51. The number of benzene rings is 1. The Kier molecular flexibility index (Phi) is 3.79. The van der Waals surface area contributed by atoms with Crippen LogP contribution in [0.2, 0.25) is 0 Å². The molecule has 1 aromatic carbocycles. The molecule has 0 spiro atoms. The summed E-state index contributed by atoms with van der Waals surface area (Å²) in [7, 11) is 0. The van der Waals surface area contributed by atoms with Crippen molar-refractivity contribution in [1.82, 2.24) is 4.90 Å². The van der Waals surface area contributed by atoms with Crippen LogP contribution in [0.1, 0.15) is 37.7 Å². The summed E-state index contributed by atoms with van der Waals surface area (Å²) in [4.78, 5) is 17.9. The highest BCUT2D eigenvalue weighted by molar-refractivity contribution is 5.80. The molecular weight excluding hydrogens is 308 g/mol. The average Bonchev–Trinajstić information content (AvgIpc) is 2.61. The van der Waals surface area contributed by atoms with Gasteiger partial charge in [-0.2, -0.15) is 0 Å². The first-order valence-corrected chi connectivity index (χ1v) is 10.3. The molecule has 4 bridgehead atoms. The van der Waals surface area contributed by atoms with Gasteiger partial charge in [0.25, 0.3) is 0 Å². The van der Waals surface area contributed by atoms with Crippen LogP contribution >= 0.6 is 0 Å². The zero-order valence-electron chi connectivity index (χ0n) is 15.4. The molecule has 0 N–H and O–H groups in total. The Bertz CT molecular complexity index is 634. The molecule has 134 valence electrons. The van der Waals surface area contributed by atoms with Crippen LogP contribution in [-0.2, 0) is 4.79 Å². The van der Waals surface area contributed by atoms with Gasteiger partial charge < -0.3 is 9.80 Å². The van der Waals surface area contributed by atoms with E-state index in [1.54, 1.807) is 0 Å². The molecule has 1 heterocycles. The van der Waals surface area contributed by atoms with Gasteiger partial charge in [0.2, 0.25) is 5.91 Å². The number of carbonyl (C=O) groups is 1. The molecule has 3 heteroatoms. The summed E-state index contributed by atoms with van der Waals surface area (Å²) in [5, 5.41) is 0. The van der Waals surface area contributed by atoms with Crippen LogP contribution in [-0.4, -0.2) is 37.0 Å². The molecule has 6 rings (SSSR count). The molecule has 0 unspecified atom stereocenters. The lowest BCUT2D eigenvalue weighted by Crippen LogP contribution is -2.56. The molecule has 5 fully saturated rings. The van der Waals surface area contributed by atoms with Gasteiger partial charge in [0, 0.05) is 37.8 Å². The Morgan fingerprint density at radius 3 is 2.16 bits per heavy atom. The fraction of sp³-hybridized carbons (Fsp3) is 0.682. The molecule has 4 aliphatic carbocycles. The number of aryl methyl sites for hydroxylation is 1. The minimum atomic E-state index is 0.360. The fourth-order valence-corrected chi connectivity index (χ4v) is 6.55. The van der Waals surface area contributed by atoms with Gasteiger partial charge >= 0.3 is 0 Å². The van der Waals surface area contributed by atoms with Crippen LogP contribution in [0, 0.1) is 36.5 Å². The average molecular weight is 338 g/mol. The van der Waals surface area contributed by atoms with E-state index in [0.717, 1.165) is 38.0 Å². The number of anilines is 1. The van der Waals surface area contributed by atoms with Crippen molar-refractivity contribution in [1.29, 1.82) is 0 Å². The highest BCUT2D eigenvalue weighted by atomic mass is 16.2. The molecule has 0 aromatic heterocycles. The van der Waals surface area contributed by atoms with E-state index in [1.807, 2.05) is 0 Å². The zero-order chi connectivity index (χ0) is 17.0. The normalized spacial score (nSPS) is 36.8. The van der Waals surface area contributed by atoms with Crippen molar-refractivity contribution >= 4 is 11.6 Å². The molecular formula is C22H30N2O. The lowest BCUT2D eigenvalue weighted by Gasteiger charge is -2.54. The van der Waals surface area contributed by atoms with Crippen LogP contribution < -0.4 is 4.90 Å². The van der Waals surface area contributed by atoms with E-state index >= 15 is 0 Å². The van der Waals surface area contributed by atoms with Crippen LogP contribution in [0.25, 0.3) is 0 Å². The Hall–Kier alpha value is -1.51. The van der Waals surface area contributed by atoms with Crippen LogP contribution in [0.15, 0.2) is 24.3 Å². The van der Waals surface area contributed by atoms with Gasteiger partial charge in [0.15, 0.2) is 0 Å². The number of nitrogens with zero attached hydrogens (tertiary/aromatic N) is 2. The van der Waals surface area contributed by atoms with Gasteiger partial charge in [-0.15, -0.1) is 0 Å². The number of rotatable bonds is 2. The Labute approximate surface area is 151 Å². The quantitative estimate of drug-likeness (QED) is 0.820. The van der Waals surface area contributed by atoms with Crippen molar-refractivity contribution in [3.05, 3.63) is 29.8 Å². The molecule has 4 saturated carbocycles. The maximum atomic E-state index is 13.3. The number of hydrogen-bond acceptors (Lipinski definition) is 2. The van der Waals surface area contributed by atoms with Gasteiger partial charge in [-0.25, -0.2) is 0 Å². The van der Waals surface area contributed by atoms with Crippen molar-refractivity contribution in [3.8, 4) is 0 Å². The summed E-state index contributed by atoms with van der Waals surface area (Å²) >= 11 is 0. The van der Waals surface area contributed by atoms with Crippen molar-refractivity contribution in [3.63, 3.8) is 0 Å². The van der Waals surface area contributed by atoms with Crippen molar-refractivity contribution in [2.45, 2.75) is 39.0 Å². The fourth-order valence-electron chi connectivity index (χ4n) is 6.55. The molecule has 1 aliphatic heterocycles. The molecule has 3 nitrogen and oxygen atoms in total. The molecule has 1 saturated heterocycles. The summed E-state index contributed by atoms with van der Waals surface area (Å²) in [5.74, 6) is 4.17. The van der Waals surface area contributed by atoms with E-state index in [9.17, 15) is 4.79 Å². The third-order valence-corrected chi connectivity index (χ3v) is 7.47. The largest absolute Gasteiger partial charge is 0.368 e. The zero-order valence-corrected chi connectivity index (χ0v) is 15.4. The van der Waals surface area contributed by atoms with E-state index in [0.29, 0.717) is 23.7 Å². The minimum Gasteiger partial charge on any atom is -0.368 e. The van der Waals surface area contributed by atoms with Gasteiger partial charge in [-0.05, 0) is 80.4 Å². The van der Waals surface area contributed by atoms with E-state index in [2.05, 4.69) is 41.0 Å². The van der Waals surface area contributed by atoms with E-state index in [1.165, 1.54) is 43.4 Å².